The molecule has 0 saturated carbocycles. The molecule has 0 saturated heterocycles. The molecule has 2 rings (SSSR count). The largest absolute Gasteiger partial charge is 0.463 e. The molecule has 1 aromatic heterocycles. The molecular formula is C20H26O3. The Morgan fingerprint density at radius 2 is 1.91 bits per heavy atom. The second-order valence-corrected chi connectivity index (χ2v) is 5.64. The van der Waals surface area contributed by atoms with Crippen LogP contribution in [0, 0.1) is 6.92 Å². The van der Waals surface area contributed by atoms with Crippen LogP contribution in [0.2, 0.25) is 0 Å². The highest BCUT2D eigenvalue weighted by Gasteiger charge is 2.16. The van der Waals surface area contributed by atoms with Gasteiger partial charge in [-0.15, -0.1) is 6.58 Å². The number of allylic oxidation sites excluding steroid dienone is 1. The lowest BCUT2D eigenvalue weighted by atomic mass is 10.0. The van der Waals surface area contributed by atoms with E-state index in [-0.39, 0.29) is 6.79 Å². The molecule has 3 nitrogen and oxygen atoms in total. The van der Waals surface area contributed by atoms with Gasteiger partial charge in [-0.2, -0.15) is 0 Å². The van der Waals surface area contributed by atoms with Crippen LogP contribution < -0.4 is 0 Å². The molecule has 3 heteroatoms. The summed E-state index contributed by atoms with van der Waals surface area (Å²) in [6, 6.07) is 10.6. The SMILES string of the molecule is C=CCc1c(CCCc2ccccc2)oc(COCOC)c1C. The van der Waals surface area contributed by atoms with E-state index in [2.05, 4.69) is 37.8 Å². The van der Waals surface area contributed by atoms with Crippen molar-refractivity contribution in [2.75, 3.05) is 13.9 Å². The molecule has 1 aromatic carbocycles. The normalized spacial score (nSPS) is 10.9. The molecule has 0 aliphatic heterocycles. The molecule has 0 bridgehead atoms. The van der Waals surface area contributed by atoms with Gasteiger partial charge < -0.3 is 13.9 Å². The highest BCUT2D eigenvalue weighted by molar-refractivity contribution is 5.34. The Morgan fingerprint density at radius 3 is 2.61 bits per heavy atom. The Balaban J connectivity index is 2.00. The van der Waals surface area contributed by atoms with Crippen LogP contribution in [0.5, 0.6) is 0 Å². The number of hydrogen-bond acceptors (Lipinski definition) is 3. The van der Waals surface area contributed by atoms with Gasteiger partial charge in [-0.05, 0) is 37.3 Å². The Bertz CT molecular complexity index is 599. The highest BCUT2D eigenvalue weighted by Crippen LogP contribution is 2.25. The van der Waals surface area contributed by atoms with Crippen molar-refractivity contribution in [3.05, 3.63) is 71.2 Å². The summed E-state index contributed by atoms with van der Waals surface area (Å²) >= 11 is 0. The topological polar surface area (TPSA) is 31.6 Å². The van der Waals surface area contributed by atoms with Crippen molar-refractivity contribution in [1.29, 1.82) is 0 Å². The van der Waals surface area contributed by atoms with Crippen LogP contribution in [0.1, 0.15) is 34.6 Å². The first-order valence-electron chi connectivity index (χ1n) is 8.07. The minimum atomic E-state index is 0.278. The van der Waals surface area contributed by atoms with Gasteiger partial charge in [-0.25, -0.2) is 0 Å². The van der Waals surface area contributed by atoms with Crippen LogP contribution in [0.25, 0.3) is 0 Å². The first kappa shape index (κ1) is 17.5. The van der Waals surface area contributed by atoms with E-state index in [4.69, 9.17) is 13.9 Å². The zero-order chi connectivity index (χ0) is 16.5. The zero-order valence-corrected chi connectivity index (χ0v) is 14.1. The molecule has 0 aliphatic rings. The molecule has 0 N–H and O–H groups in total. The molecular weight excluding hydrogens is 288 g/mol. The Hall–Kier alpha value is -1.84. The summed E-state index contributed by atoms with van der Waals surface area (Å²) in [5.74, 6) is 1.96. The summed E-state index contributed by atoms with van der Waals surface area (Å²) in [5, 5.41) is 0. The minimum Gasteiger partial charge on any atom is -0.463 e. The first-order chi connectivity index (χ1) is 11.3. The van der Waals surface area contributed by atoms with E-state index < -0.39 is 0 Å². The third kappa shape index (κ3) is 5.08. The number of methoxy groups -OCH3 is 1. The van der Waals surface area contributed by atoms with E-state index in [0.29, 0.717) is 6.61 Å². The van der Waals surface area contributed by atoms with Crippen molar-refractivity contribution in [2.45, 2.75) is 39.2 Å². The highest BCUT2D eigenvalue weighted by atomic mass is 16.7. The maximum absolute atomic E-state index is 6.05. The van der Waals surface area contributed by atoms with E-state index in [1.54, 1.807) is 7.11 Å². The minimum absolute atomic E-state index is 0.278. The molecule has 2 aromatic rings. The average Bonchev–Trinajstić information content (AvgIpc) is 2.86. The van der Waals surface area contributed by atoms with Gasteiger partial charge >= 0.3 is 0 Å². The Morgan fingerprint density at radius 1 is 1.13 bits per heavy atom. The van der Waals surface area contributed by atoms with Crippen molar-refractivity contribution >= 4 is 0 Å². The van der Waals surface area contributed by atoms with Gasteiger partial charge in [0.15, 0.2) is 0 Å². The van der Waals surface area contributed by atoms with Gasteiger partial charge in [0, 0.05) is 19.1 Å². The molecule has 0 amide bonds. The number of rotatable bonds is 10. The maximum Gasteiger partial charge on any atom is 0.146 e. The molecule has 0 aliphatic carbocycles. The van der Waals surface area contributed by atoms with E-state index in [1.165, 1.54) is 16.7 Å². The second-order valence-electron chi connectivity index (χ2n) is 5.64. The third-order valence-electron chi connectivity index (χ3n) is 3.95. The lowest BCUT2D eigenvalue weighted by Crippen LogP contribution is -1.97. The molecule has 1 heterocycles. The smallest absolute Gasteiger partial charge is 0.146 e. The zero-order valence-electron chi connectivity index (χ0n) is 14.1. The summed E-state index contributed by atoms with van der Waals surface area (Å²) in [4.78, 5) is 0. The number of benzene rings is 1. The van der Waals surface area contributed by atoms with E-state index in [9.17, 15) is 0 Å². The first-order valence-corrected chi connectivity index (χ1v) is 8.07. The summed E-state index contributed by atoms with van der Waals surface area (Å²) in [7, 11) is 1.62. The van der Waals surface area contributed by atoms with E-state index >= 15 is 0 Å². The van der Waals surface area contributed by atoms with Crippen molar-refractivity contribution in [3.63, 3.8) is 0 Å². The molecule has 0 atom stereocenters. The summed E-state index contributed by atoms with van der Waals surface area (Å²) < 4.78 is 16.4. The van der Waals surface area contributed by atoms with Gasteiger partial charge in [0.05, 0.1) is 0 Å². The van der Waals surface area contributed by atoms with Crippen LogP contribution in [0.15, 0.2) is 47.4 Å². The van der Waals surface area contributed by atoms with Gasteiger partial charge in [0.25, 0.3) is 0 Å². The monoisotopic (exact) mass is 314 g/mol. The van der Waals surface area contributed by atoms with Crippen molar-refractivity contribution in [2.24, 2.45) is 0 Å². The molecule has 0 fully saturated rings. The molecule has 23 heavy (non-hydrogen) atoms. The van der Waals surface area contributed by atoms with Gasteiger partial charge in [0.2, 0.25) is 0 Å². The lowest BCUT2D eigenvalue weighted by Gasteiger charge is -2.02. The number of aryl methyl sites for hydroxylation is 2. The fraction of sp³-hybridized carbons (Fsp3) is 0.400. The third-order valence-corrected chi connectivity index (χ3v) is 3.95. The lowest BCUT2D eigenvalue weighted by molar-refractivity contribution is -0.0444. The molecule has 0 spiro atoms. The van der Waals surface area contributed by atoms with Crippen LogP contribution in [-0.2, 0) is 35.3 Å². The van der Waals surface area contributed by atoms with Crippen LogP contribution in [0.3, 0.4) is 0 Å². The predicted octanol–water partition coefficient (Wildman–Crippen LogP) is 4.61. The number of ether oxygens (including phenoxy) is 2. The summed E-state index contributed by atoms with van der Waals surface area (Å²) in [5.41, 5.74) is 3.80. The fourth-order valence-electron chi connectivity index (χ4n) is 2.73. The number of hydrogen-bond donors (Lipinski definition) is 0. The van der Waals surface area contributed by atoms with Crippen molar-refractivity contribution in [3.8, 4) is 0 Å². The summed E-state index contributed by atoms with van der Waals surface area (Å²) in [6.45, 7) is 6.67. The van der Waals surface area contributed by atoms with Gasteiger partial charge in [-0.1, -0.05) is 36.4 Å². The Kier molecular flexibility index (Phi) is 7.11. The van der Waals surface area contributed by atoms with Crippen molar-refractivity contribution < 1.29 is 13.9 Å². The maximum atomic E-state index is 6.05. The van der Waals surface area contributed by atoms with Gasteiger partial charge in [0.1, 0.15) is 24.9 Å². The predicted molar refractivity (Wildman–Crippen MR) is 92.5 cm³/mol. The molecule has 0 unspecified atom stereocenters. The van der Waals surface area contributed by atoms with Crippen LogP contribution >= 0.6 is 0 Å². The van der Waals surface area contributed by atoms with E-state index in [0.717, 1.165) is 37.2 Å². The number of furan rings is 1. The van der Waals surface area contributed by atoms with Crippen LogP contribution in [-0.4, -0.2) is 13.9 Å². The van der Waals surface area contributed by atoms with Crippen molar-refractivity contribution in [1.82, 2.24) is 0 Å². The standard InChI is InChI=1S/C20H26O3/c1-4-9-18-16(2)20(14-22-15-21-3)23-19(18)13-8-12-17-10-6-5-7-11-17/h4-7,10-11H,1,8-9,12-15H2,2-3H3. The summed E-state index contributed by atoms with van der Waals surface area (Å²) in [6.07, 6.45) is 5.82. The fourth-order valence-corrected chi connectivity index (χ4v) is 2.73. The van der Waals surface area contributed by atoms with Crippen LogP contribution in [0.4, 0.5) is 0 Å². The molecule has 124 valence electrons. The second kappa shape index (κ2) is 9.33. The Labute approximate surface area is 138 Å². The average molecular weight is 314 g/mol. The van der Waals surface area contributed by atoms with Gasteiger partial charge in [-0.3, -0.25) is 0 Å². The quantitative estimate of drug-likeness (QED) is 0.364. The molecule has 0 radical (unpaired) electrons. The van der Waals surface area contributed by atoms with E-state index in [1.807, 2.05) is 12.1 Å².